The first kappa shape index (κ1) is 17.3. The van der Waals surface area contributed by atoms with Gasteiger partial charge < -0.3 is 14.4 Å². The number of hydrogen-bond acceptors (Lipinski definition) is 5. The summed E-state index contributed by atoms with van der Waals surface area (Å²) in [4.78, 5) is 9.10. The molecule has 1 aromatic carbocycles. The molecule has 26 heavy (non-hydrogen) atoms. The van der Waals surface area contributed by atoms with E-state index < -0.39 is 0 Å². The molecule has 2 fully saturated rings. The van der Waals surface area contributed by atoms with E-state index in [4.69, 9.17) is 9.47 Å². The number of pyridine rings is 1. The minimum Gasteiger partial charge on any atom is -0.497 e. The number of benzene rings is 1. The summed E-state index contributed by atoms with van der Waals surface area (Å²) in [5, 5.41) is 0. The van der Waals surface area contributed by atoms with Crippen molar-refractivity contribution in [3.63, 3.8) is 0 Å². The summed E-state index contributed by atoms with van der Waals surface area (Å²) in [5.41, 5.74) is 2.50. The molecular formula is C21H27N3O2. The Bertz CT molecular complexity index is 703. The Hall–Kier alpha value is -2.11. The van der Waals surface area contributed by atoms with Gasteiger partial charge in [0.05, 0.1) is 19.3 Å². The van der Waals surface area contributed by atoms with Crippen LogP contribution in [0.4, 0.5) is 5.69 Å². The van der Waals surface area contributed by atoms with Crippen LogP contribution in [0.3, 0.4) is 0 Å². The number of piperidine rings is 1. The number of anilines is 1. The molecule has 4 rings (SSSR count). The summed E-state index contributed by atoms with van der Waals surface area (Å²) in [5.74, 6) is 0.901. The number of nitrogens with zero attached hydrogens (tertiary/aromatic N) is 3. The summed E-state index contributed by atoms with van der Waals surface area (Å²) in [6.45, 7) is 5.79. The molecule has 0 aliphatic carbocycles. The van der Waals surface area contributed by atoms with Gasteiger partial charge in [0.25, 0.3) is 0 Å². The Morgan fingerprint density at radius 1 is 1.08 bits per heavy atom. The van der Waals surface area contributed by atoms with Crippen molar-refractivity contribution in [2.75, 3.05) is 44.8 Å². The summed E-state index contributed by atoms with van der Waals surface area (Å²) in [7, 11) is 1.71. The quantitative estimate of drug-likeness (QED) is 0.845. The fourth-order valence-corrected chi connectivity index (χ4v) is 4.16. The standard InChI is InChI=1S/C21H27N3O2/c1-25-20-5-3-19(4-6-20)24-12-2-9-21(17-24)16-23(13-14-26-21)15-18-7-10-22-11-8-18/h3-8,10-11H,2,9,12-17H2,1H3/t21-/m1/s1. The van der Waals surface area contributed by atoms with Crippen LogP contribution in [0.25, 0.3) is 0 Å². The molecule has 0 amide bonds. The van der Waals surface area contributed by atoms with Gasteiger partial charge in [0.1, 0.15) is 5.75 Å². The number of methoxy groups -OCH3 is 1. The topological polar surface area (TPSA) is 37.8 Å². The second-order valence-electron chi connectivity index (χ2n) is 7.32. The number of rotatable bonds is 4. The van der Waals surface area contributed by atoms with E-state index in [0.29, 0.717) is 0 Å². The van der Waals surface area contributed by atoms with Gasteiger partial charge in [-0.1, -0.05) is 0 Å². The van der Waals surface area contributed by atoms with E-state index in [1.54, 1.807) is 7.11 Å². The van der Waals surface area contributed by atoms with Crippen molar-refractivity contribution in [1.82, 2.24) is 9.88 Å². The second-order valence-corrected chi connectivity index (χ2v) is 7.32. The molecule has 2 saturated heterocycles. The lowest BCUT2D eigenvalue weighted by molar-refractivity contribution is -0.116. The summed E-state index contributed by atoms with van der Waals surface area (Å²) < 4.78 is 11.6. The Labute approximate surface area is 155 Å². The smallest absolute Gasteiger partial charge is 0.119 e. The molecule has 1 aromatic heterocycles. The van der Waals surface area contributed by atoms with E-state index in [1.807, 2.05) is 24.5 Å². The molecule has 0 N–H and O–H groups in total. The van der Waals surface area contributed by atoms with Crippen LogP contribution >= 0.6 is 0 Å². The maximum absolute atomic E-state index is 6.35. The highest BCUT2D eigenvalue weighted by Crippen LogP contribution is 2.32. The first-order chi connectivity index (χ1) is 12.8. The van der Waals surface area contributed by atoms with Crippen LogP contribution in [-0.2, 0) is 11.3 Å². The van der Waals surface area contributed by atoms with Crippen molar-refractivity contribution in [3.05, 3.63) is 54.4 Å². The summed E-state index contributed by atoms with van der Waals surface area (Å²) in [6, 6.07) is 12.6. The third-order valence-electron chi connectivity index (χ3n) is 5.46. The van der Waals surface area contributed by atoms with Crippen molar-refractivity contribution < 1.29 is 9.47 Å². The predicted molar refractivity (Wildman–Crippen MR) is 103 cm³/mol. The van der Waals surface area contributed by atoms with E-state index >= 15 is 0 Å². The Kier molecular flexibility index (Phi) is 5.09. The van der Waals surface area contributed by atoms with E-state index in [-0.39, 0.29) is 5.60 Å². The molecule has 1 spiro atoms. The molecule has 3 heterocycles. The zero-order valence-corrected chi connectivity index (χ0v) is 15.4. The highest BCUT2D eigenvalue weighted by atomic mass is 16.5. The number of morpholine rings is 1. The molecule has 5 nitrogen and oxygen atoms in total. The third kappa shape index (κ3) is 3.84. The highest BCUT2D eigenvalue weighted by Gasteiger charge is 2.40. The number of hydrogen-bond donors (Lipinski definition) is 0. The fraction of sp³-hybridized carbons (Fsp3) is 0.476. The summed E-state index contributed by atoms with van der Waals surface area (Å²) in [6.07, 6.45) is 6.04. The SMILES string of the molecule is COc1ccc(N2CCC[C@@]3(CN(Cc4ccncc4)CCO3)C2)cc1. The minimum absolute atomic E-state index is 0.0660. The molecule has 0 radical (unpaired) electrons. The van der Waals surface area contributed by atoms with Crippen LogP contribution in [0.1, 0.15) is 18.4 Å². The zero-order chi connectivity index (χ0) is 17.8. The van der Waals surface area contributed by atoms with Crippen LogP contribution in [0.2, 0.25) is 0 Å². The van der Waals surface area contributed by atoms with E-state index in [0.717, 1.165) is 57.9 Å². The van der Waals surface area contributed by atoms with Gasteiger partial charge in [0.2, 0.25) is 0 Å². The lowest BCUT2D eigenvalue weighted by atomic mass is 9.90. The minimum atomic E-state index is -0.0660. The van der Waals surface area contributed by atoms with Crippen LogP contribution in [0.5, 0.6) is 5.75 Å². The number of ether oxygens (including phenoxy) is 2. The highest BCUT2D eigenvalue weighted by molar-refractivity contribution is 5.50. The number of aromatic nitrogens is 1. The van der Waals surface area contributed by atoms with Gasteiger partial charge in [-0.3, -0.25) is 9.88 Å². The van der Waals surface area contributed by atoms with Crippen LogP contribution in [-0.4, -0.2) is 55.4 Å². The van der Waals surface area contributed by atoms with Gasteiger partial charge in [-0.05, 0) is 54.8 Å². The van der Waals surface area contributed by atoms with Gasteiger partial charge >= 0.3 is 0 Å². The monoisotopic (exact) mass is 353 g/mol. The largest absolute Gasteiger partial charge is 0.497 e. The molecule has 0 saturated carbocycles. The molecule has 2 aromatic rings. The second kappa shape index (κ2) is 7.64. The van der Waals surface area contributed by atoms with Gasteiger partial charge in [-0.15, -0.1) is 0 Å². The maximum atomic E-state index is 6.35. The molecule has 2 aliphatic heterocycles. The fourth-order valence-electron chi connectivity index (χ4n) is 4.16. The molecule has 0 unspecified atom stereocenters. The van der Waals surface area contributed by atoms with Crippen LogP contribution in [0.15, 0.2) is 48.8 Å². The van der Waals surface area contributed by atoms with Crippen molar-refractivity contribution in [2.24, 2.45) is 0 Å². The normalized spacial score (nSPS) is 24.0. The van der Waals surface area contributed by atoms with E-state index in [1.165, 1.54) is 11.3 Å². The zero-order valence-electron chi connectivity index (χ0n) is 15.4. The molecule has 5 heteroatoms. The third-order valence-corrected chi connectivity index (χ3v) is 5.46. The van der Waals surface area contributed by atoms with Crippen LogP contribution in [0, 0.1) is 0 Å². The Morgan fingerprint density at radius 3 is 2.65 bits per heavy atom. The molecular weight excluding hydrogens is 326 g/mol. The summed E-state index contributed by atoms with van der Waals surface area (Å²) >= 11 is 0. The molecule has 0 bridgehead atoms. The lowest BCUT2D eigenvalue weighted by Gasteiger charge is -2.48. The average molecular weight is 353 g/mol. The van der Waals surface area contributed by atoms with E-state index in [9.17, 15) is 0 Å². The Morgan fingerprint density at radius 2 is 1.88 bits per heavy atom. The first-order valence-electron chi connectivity index (χ1n) is 9.41. The maximum Gasteiger partial charge on any atom is 0.119 e. The van der Waals surface area contributed by atoms with Crippen LogP contribution < -0.4 is 9.64 Å². The Balaban J connectivity index is 1.44. The van der Waals surface area contributed by atoms with Gasteiger partial charge in [-0.2, -0.15) is 0 Å². The van der Waals surface area contributed by atoms with E-state index in [2.05, 4.69) is 39.0 Å². The van der Waals surface area contributed by atoms with Crippen molar-refractivity contribution in [1.29, 1.82) is 0 Å². The van der Waals surface area contributed by atoms with Crippen molar-refractivity contribution in [2.45, 2.75) is 25.0 Å². The molecule has 138 valence electrons. The van der Waals surface area contributed by atoms with Gasteiger partial charge in [-0.25, -0.2) is 0 Å². The molecule has 1 atom stereocenters. The predicted octanol–water partition coefficient (Wildman–Crippen LogP) is 2.96. The average Bonchev–Trinajstić information content (AvgIpc) is 2.69. The lowest BCUT2D eigenvalue weighted by Crippen LogP contribution is -2.59. The first-order valence-corrected chi connectivity index (χ1v) is 9.41. The van der Waals surface area contributed by atoms with Crippen molar-refractivity contribution in [3.8, 4) is 5.75 Å². The molecule has 2 aliphatic rings. The van der Waals surface area contributed by atoms with Crippen molar-refractivity contribution >= 4 is 5.69 Å². The van der Waals surface area contributed by atoms with Gasteiger partial charge in [0, 0.05) is 50.8 Å². The van der Waals surface area contributed by atoms with Gasteiger partial charge in [0.15, 0.2) is 0 Å².